The van der Waals surface area contributed by atoms with E-state index in [-0.39, 0.29) is 12.3 Å². The molecule has 5 aromatic rings. The molecular formula is C32H28NO3P. The van der Waals surface area contributed by atoms with E-state index in [1.54, 1.807) is 6.92 Å². The minimum absolute atomic E-state index is 0.168. The third kappa shape index (κ3) is 4.50. The van der Waals surface area contributed by atoms with Gasteiger partial charge in [0.1, 0.15) is 5.44 Å². The Morgan fingerprint density at radius 2 is 1.24 bits per heavy atom. The molecule has 0 bridgehead atoms. The van der Waals surface area contributed by atoms with Crippen molar-refractivity contribution < 1.29 is 14.1 Å². The van der Waals surface area contributed by atoms with E-state index in [0.717, 1.165) is 27.5 Å². The van der Waals surface area contributed by atoms with Crippen LogP contribution < -0.4 is 16.0 Å². The summed E-state index contributed by atoms with van der Waals surface area (Å²) in [6.45, 7) is 5.99. The molecule has 0 saturated heterocycles. The van der Waals surface area contributed by atoms with Crippen LogP contribution in [0.4, 0.5) is 0 Å². The Labute approximate surface area is 217 Å². The molecule has 4 nitrogen and oxygen atoms in total. The summed E-state index contributed by atoms with van der Waals surface area (Å²) in [6.07, 6.45) is 0. The molecule has 0 N–H and O–H groups in total. The summed E-state index contributed by atoms with van der Waals surface area (Å²) in [5.41, 5.74) is 4.23. The molecule has 0 aliphatic rings. The minimum atomic E-state index is -3.48. The number of esters is 1. The highest BCUT2D eigenvalue weighted by atomic mass is 31.2. The van der Waals surface area contributed by atoms with Crippen LogP contribution in [0.15, 0.2) is 103 Å². The number of nitrogens with zero attached hydrogens (tertiary/aromatic N) is 1. The minimum Gasteiger partial charge on any atom is -0.461 e. The maximum atomic E-state index is 15.4. The smallest absolute Gasteiger partial charge is 0.357 e. The second-order valence-corrected chi connectivity index (χ2v) is 11.7. The van der Waals surface area contributed by atoms with Gasteiger partial charge in [-0.25, -0.2) is 9.78 Å². The summed E-state index contributed by atoms with van der Waals surface area (Å²) < 4.78 is 20.9. The third-order valence-corrected chi connectivity index (χ3v) is 9.50. The van der Waals surface area contributed by atoms with Crippen LogP contribution in [0, 0.1) is 13.8 Å². The topological polar surface area (TPSA) is 56.3 Å². The van der Waals surface area contributed by atoms with Crippen LogP contribution in [0.5, 0.6) is 0 Å². The van der Waals surface area contributed by atoms with Crippen LogP contribution in [0.1, 0.15) is 28.5 Å². The van der Waals surface area contributed by atoms with Gasteiger partial charge in [-0.15, -0.1) is 0 Å². The highest BCUT2D eigenvalue weighted by Crippen LogP contribution is 2.45. The maximum Gasteiger partial charge on any atom is 0.357 e. The second kappa shape index (κ2) is 10.2. The fraction of sp³-hybridized carbons (Fsp3) is 0.125. The third-order valence-electron chi connectivity index (χ3n) is 6.52. The van der Waals surface area contributed by atoms with Crippen LogP contribution in [0.25, 0.3) is 21.9 Å². The number of aromatic nitrogens is 1. The molecule has 184 valence electrons. The van der Waals surface area contributed by atoms with Crippen LogP contribution in [0.2, 0.25) is 0 Å². The second-order valence-electron chi connectivity index (χ2n) is 9.07. The van der Waals surface area contributed by atoms with Crippen molar-refractivity contribution in [3.63, 3.8) is 0 Å². The number of fused-ring (bicyclic) bond motifs is 1. The lowest BCUT2D eigenvalue weighted by Gasteiger charge is -2.23. The Bertz CT molecular complexity index is 1580. The average molecular weight is 506 g/mol. The Morgan fingerprint density at radius 3 is 1.78 bits per heavy atom. The lowest BCUT2D eigenvalue weighted by Crippen LogP contribution is -2.29. The lowest BCUT2D eigenvalue weighted by atomic mass is 9.97. The van der Waals surface area contributed by atoms with Gasteiger partial charge in [-0.1, -0.05) is 114 Å². The van der Waals surface area contributed by atoms with Crippen molar-refractivity contribution in [2.24, 2.45) is 0 Å². The number of ether oxygens (including phenoxy) is 1. The zero-order chi connectivity index (χ0) is 26.0. The number of carbonyl (C=O) groups is 1. The molecule has 1 heterocycles. The van der Waals surface area contributed by atoms with Crippen molar-refractivity contribution in [2.75, 3.05) is 6.61 Å². The number of benzene rings is 4. The number of pyridine rings is 1. The van der Waals surface area contributed by atoms with Crippen LogP contribution in [-0.4, -0.2) is 17.6 Å². The molecule has 0 radical (unpaired) electrons. The summed E-state index contributed by atoms with van der Waals surface area (Å²) in [6, 6.07) is 32.9. The van der Waals surface area contributed by atoms with Crippen molar-refractivity contribution in [1.29, 1.82) is 0 Å². The normalized spacial score (nSPS) is 11.4. The molecule has 37 heavy (non-hydrogen) atoms. The van der Waals surface area contributed by atoms with Crippen molar-refractivity contribution >= 4 is 39.9 Å². The zero-order valence-electron chi connectivity index (χ0n) is 21.1. The quantitative estimate of drug-likeness (QED) is 0.200. The summed E-state index contributed by atoms with van der Waals surface area (Å²) in [4.78, 5) is 18.3. The Balaban J connectivity index is 1.92. The van der Waals surface area contributed by atoms with Crippen molar-refractivity contribution in [1.82, 2.24) is 4.98 Å². The molecule has 0 unspecified atom stereocenters. The van der Waals surface area contributed by atoms with E-state index in [9.17, 15) is 4.79 Å². The van der Waals surface area contributed by atoms with Gasteiger partial charge >= 0.3 is 5.97 Å². The van der Waals surface area contributed by atoms with Gasteiger partial charge < -0.3 is 9.30 Å². The van der Waals surface area contributed by atoms with Crippen LogP contribution >= 0.6 is 7.14 Å². The Morgan fingerprint density at radius 1 is 0.730 bits per heavy atom. The van der Waals surface area contributed by atoms with Crippen LogP contribution in [-0.2, 0) is 9.30 Å². The van der Waals surface area contributed by atoms with Gasteiger partial charge in [-0.2, -0.15) is 0 Å². The molecule has 0 amide bonds. The monoisotopic (exact) mass is 505 g/mol. The number of carbonyl (C=O) groups excluding carboxylic acids is 1. The average Bonchev–Trinajstić information content (AvgIpc) is 2.93. The number of hydrogen-bond donors (Lipinski definition) is 0. The van der Waals surface area contributed by atoms with Gasteiger partial charge in [0.05, 0.1) is 6.61 Å². The van der Waals surface area contributed by atoms with Gasteiger partial charge in [-0.05, 0) is 31.7 Å². The highest BCUT2D eigenvalue weighted by molar-refractivity contribution is 7.85. The fourth-order valence-corrected chi connectivity index (χ4v) is 7.33. The van der Waals surface area contributed by atoms with Gasteiger partial charge in [-0.3, -0.25) is 0 Å². The van der Waals surface area contributed by atoms with Crippen molar-refractivity contribution in [3.05, 3.63) is 120 Å². The van der Waals surface area contributed by atoms with Gasteiger partial charge in [0.2, 0.25) is 0 Å². The predicted octanol–water partition coefficient (Wildman–Crippen LogP) is 6.33. The van der Waals surface area contributed by atoms with Gasteiger partial charge in [0.15, 0.2) is 12.8 Å². The molecule has 0 spiro atoms. The molecule has 4 aromatic carbocycles. The van der Waals surface area contributed by atoms with E-state index in [2.05, 4.69) is 0 Å². The molecule has 0 atom stereocenters. The maximum absolute atomic E-state index is 15.4. The SMILES string of the molecule is CCOC(=O)c1nc(P(=O)(c2ccc(C)cc2)c2ccc(C)cc2)c2ccccc2c1-c1ccccc1. The molecule has 0 fully saturated rings. The van der Waals surface area contributed by atoms with Crippen molar-refractivity contribution in [3.8, 4) is 11.1 Å². The summed E-state index contributed by atoms with van der Waals surface area (Å²) in [5.74, 6) is -0.535. The first kappa shape index (κ1) is 24.7. The van der Waals surface area contributed by atoms with Crippen molar-refractivity contribution in [2.45, 2.75) is 20.8 Å². The predicted molar refractivity (Wildman–Crippen MR) is 152 cm³/mol. The summed E-state index contributed by atoms with van der Waals surface area (Å²) in [7, 11) is -3.48. The van der Waals surface area contributed by atoms with E-state index < -0.39 is 13.1 Å². The first-order chi connectivity index (χ1) is 17.9. The molecule has 5 heteroatoms. The Hall–Kier alpha value is -4.01. The van der Waals surface area contributed by atoms with E-state index in [0.29, 0.717) is 21.6 Å². The van der Waals surface area contributed by atoms with Gasteiger partial charge in [0, 0.05) is 21.6 Å². The summed E-state index contributed by atoms with van der Waals surface area (Å²) >= 11 is 0. The van der Waals surface area contributed by atoms with Crippen LogP contribution in [0.3, 0.4) is 0 Å². The molecule has 5 rings (SSSR count). The molecular weight excluding hydrogens is 477 g/mol. The first-order valence-corrected chi connectivity index (χ1v) is 14.0. The molecule has 1 aromatic heterocycles. The highest BCUT2D eigenvalue weighted by Gasteiger charge is 2.35. The van der Waals surface area contributed by atoms with E-state index in [1.165, 1.54) is 0 Å². The molecule has 0 saturated carbocycles. The Kier molecular flexibility index (Phi) is 6.78. The van der Waals surface area contributed by atoms with E-state index >= 15 is 4.57 Å². The zero-order valence-corrected chi connectivity index (χ0v) is 22.0. The van der Waals surface area contributed by atoms with E-state index in [4.69, 9.17) is 9.72 Å². The molecule has 0 aliphatic heterocycles. The fourth-order valence-electron chi connectivity index (χ4n) is 4.63. The lowest BCUT2D eigenvalue weighted by molar-refractivity contribution is 0.0521. The molecule has 0 aliphatic carbocycles. The van der Waals surface area contributed by atoms with E-state index in [1.807, 2.05) is 117 Å². The number of rotatable bonds is 6. The number of aryl methyl sites for hydroxylation is 2. The first-order valence-electron chi connectivity index (χ1n) is 12.3. The van der Waals surface area contributed by atoms with Gasteiger partial charge in [0.25, 0.3) is 0 Å². The standard InChI is InChI=1S/C32H28NO3P/c1-4-36-32(34)30-29(24-10-6-5-7-11-24)27-12-8-9-13-28(27)31(33-30)37(35,25-18-14-22(2)15-19-25)26-20-16-23(3)17-21-26/h5-21H,4H2,1-3H3. The number of hydrogen-bond acceptors (Lipinski definition) is 4. The summed E-state index contributed by atoms with van der Waals surface area (Å²) in [5, 5.41) is 2.89. The largest absolute Gasteiger partial charge is 0.461 e.